The third-order valence-corrected chi connectivity index (χ3v) is 2.62. The van der Waals surface area contributed by atoms with Gasteiger partial charge in [0.1, 0.15) is 6.61 Å². The van der Waals surface area contributed by atoms with Crippen molar-refractivity contribution in [1.82, 2.24) is 4.90 Å². The van der Waals surface area contributed by atoms with Crippen LogP contribution in [-0.4, -0.2) is 63.2 Å². The number of morpholine rings is 1. The largest absolute Gasteiger partial charge is 0.411 e. The van der Waals surface area contributed by atoms with Gasteiger partial charge in [-0.1, -0.05) is 0 Å². The van der Waals surface area contributed by atoms with Crippen LogP contribution in [0.2, 0.25) is 0 Å². The molecule has 0 aromatic heterocycles. The van der Waals surface area contributed by atoms with E-state index < -0.39 is 12.8 Å². The van der Waals surface area contributed by atoms with Gasteiger partial charge in [0.2, 0.25) is 0 Å². The maximum Gasteiger partial charge on any atom is 0.411 e. The van der Waals surface area contributed by atoms with Crippen molar-refractivity contribution in [2.24, 2.45) is 5.73 Å². The number of rotatable bonds is 6. The van der Waals surface area contributed by atoms with Gasteiger partial charge in [0.15, 0.2) is 0 Å². The highest BCUT2D eigenvalue weighted by atomic mass is 19.4. The maximum atomic E-state index is 11.8. The fourth-order valence-electron chi connectivity index (χ4n) is 1.76. The molecule has 1 saturated heterocycles. The molecule has 1 fully saturated rings. The van der Waals surface area contributed by atoms with Crippen LogP contribution >= 0.6 is 0 Å². The Morgan fingerprint density at radius 2 is 2.18 bits per heavy atom. The van der Waals surface area contributed by atoms with E-state index in [1.807, 2.05) is 0 Å². The monoisotopic (exact) mass is 256 g/mol. The fraction of sp³-hybridized carbons (Fsp3) is 1.00. The van der Waals surface area contributed by atoms with Crippen LogP contribution in [0.4, 0.5) is 13.2 Å². The Bertz CT molecular complexity index is 214. The molecule has 0 aliphatic carbocycles. The third-order valence-electron chi connectivity index (χ3n) is 2.62. The van der Waals surface area contributed by atoms with Gasteiger partial charge in [-0.05, 0) is 6.42 Å². The summed E-state index contributed by atoms with van der Waals surface area (Å²) in [5.41, 5.74) is 5.58. The molecule has 1 atom stereocenters. The molecule has 0 amide bonds. The number of nitrogens with two attached hydrogens (primary N) is 1. The first-order valence-electron chi connectivity index (χ1n) is 5.69. The molecule has 0 saturated carbocycles. The van der Waals surface area contributed by atoms with Crippen LogP contribution < -0.4 is 5.73 Å². The second-order valence-electron chi connectivity index (χ2n) is 4.02. The SMILES string of the molecule is NCC1COCCN1CCCOCC(F)(F)F. The van der Waals surface area contributed by atoms with Gasteiger partial charge >= 0.3 is 6.18 Å². The molecular weight excluding hydrogens is 237 g/mol. The topological polar surface area (TPSA) is 47.7 Å². The molecule has 0 aromatic carbocycles. The Hall–Kier alpha value is -0.370. The fourth-order valence-corrected chi connectivity index (χ4v) is 1.76. The molecule has 102 valence electrons. The number of alkyl halides is 3. The predicted octanol–water partition coefficient (Wildman–Crippen LogP) is 0.615. The van der Waals surface area contributed by atoms with E-state index in [1.165, 1.54) is 0 Å². The zero-order valence-corrected chi connectivity index (χ0v) is 9.71. The highest BCUT2D eigenvalue weighted by Crippen LogP contribution is 2.14. The molecule has 1 heterocycles. The number of nitrogens with zero attached hydrogens (tertiary/aromatic N) is 1. The van der Waals surface area contributed by atoms with Gasteiger partial charge in [0.05, 0.1) is 13.2 Å². The van der Waals surface area contributed by atoms with Gasteiger partial charge in [-0.2, -0.15) is 13.2 Å². The van der Waals surface area contributed by atoms with Gasteiger partial charge in [0, 0.05) is 32.3 Å². The summed E-state index contributed by atoms with van der Waals surface area (Å²) in [6, 6.07) is 0.173. The summed E-state index contributed by atoms with van der Waals surface area (Å²) in [6.45, 7) is 2.18. The number of halogens is 3. The van der Waals surface area contributed by atoms with Crippen LogP contribution in [0.5, 0.6) is 0 Å². The lowest BCUT2D eigenvalue weighted by Crippen LogP contribution is -2.49. The smallest absolute Gasteiger partial charge is 0.378 e. The average Bonchev–Trinajstić information content (AvgIpc) is 2.27. The third kappa shape index (κ3) is 6.21. The van der Waals surface area contributed by atoms with Crippen molar-refractivity contribution in [3.63, 3.8) is 0 Å². The number of hydrogen-bond donors (Lipinski definition) is 1. The summed E-state index contributed by atoms with van der Waals surface area (Å²) in [7, 11) is 0. The van der Waals surface area contributed by atoms with Crippen molar-refractivity contribution in [2.45, 2.75) is 18.6 Å². The van der Waals surface area contributed by atoms with Crippen molar-refractivity contribution < 1.29 is 22.6 Å². The highest BCUT2D eigenvalue weighted by Gasteiger charge is 2.27. The minimum Gasteiger partial charge on any atom is -0.378 e. The zero-order chi connectivity index (χ0) is 12.7. The first-order valence-corrected chi connectivity index (χ1v) is 5.69. The highest BCUT2D eigenvalue weighted by molar-refractivity contribution is 4.75. The molecule has 2 N–H and O–H groups in total. The predicted molar refractivity (Wildman–Crippen MR) is 56.7 cm³/mol. The van der Waals surface area contributed by atoms with Crippen LogP contribution in [0.1, 0.15) is 6.42 Å². The van der Waals surface area contributed by atoms with E-state index in [4.69, 9.17) is 10.5 Å². The van der Waals surface area contributed by atoms with E-state index in [0.29, 0.717) is 32.7 Å². The van der Waals surface area contributed by atoms with E-state index in [2.05, 4.69) is 9.64 Å². The Kier molecular flexibility index (Phi) is 6.18. The minimum atomic E-state index is -4.24. The van der Waals surface area contributed by atoms with Crippen molar-refractivity contribution in [1.29, 1.82) is 0 Å². The van der Waals surface area contributed by atoms with Crippen molar-refractivity contribution in [3.05, 3.63) is 0 Å². The molecule has 0 aromatic rings. The molecule has 0 bridgehead atoms. The molecule has 4 nitrogen and oxygen atoms in total. The lowest BCUT2D eigenvalue weighted by molar-refractivity contribution is -0.174. The summed E-state index contributed by atoms with van der Waals surface area (Å²) in [4.78, 5) is 2.14. The van der Waals surface area contributed by atoms with E-state index in [1.54, 1.807) is 0 Å². The Labute approximate surface area is 98.8 Å². The Balaban J connectivity index is 2.08. The molecular formula is C10H19F3N2O2. The van der Waals surface area contributed by atoms with E-state index in [-0.39, 0.29) is 12.6 Å². The van der Waals surface area contributed by atoms with Crippen LogP contribution in [0.15, 0.2) is 0 Å². The molecule has 1 unspecified atom stereocenters. The van der Waals surface area contributed by atoms with Gasteiger partial charge in [-0.15, -0.1) is 0 Å². The number of hydrogen-bond acceptors (Lipinski definition) is 4. The molecule has 1 aliphatic rings. The van der Waals surface area contributed by atoms with Gasteiger partial charge < -0.3 is 15.2 Å². The summed E-state index contributed by atoms with van der Waals surface area (Å²) >= 11 is 0. The zero-order valence-electron chi connectivity index (χ0n) is 9.71. The molecule has 1 aliphatic heterocycles. The van der Waals surface area contributed by atoms with Crippen molar-refractivity contribution in [3.8, 4) is 0 Å². The molecule has 1 rings (SSSR count). The number of ether oxygens (including phenoxy) is 2. The first-order chi connectivity index (χ1) is 8.03. The van der Waals surface area contributed by atoms with Gasteiger partial charge in [-0.25, -0.2) is 0 Å². The standard InChI is InChI=1S/C10H19F3N2O2/c11-10(12,13)8-17-4-1-2-15-3-5-16-7-9(15)6-14/h9H,1-8,14H2. The summed E-state index contributed by atoms with van der Waals surface area (Å²) in [6.07, 6.45) is -3.66. The van der Waals surface area contributed by atoms with Crippen LogP contribution in [0.25, 0.3) is 0 Å². The van der Waals surface area contributed by atoms with E-state index in [9.17, 15) is 13.2 Å². The van der Waals surface area contributed by atoms with Crippen LogP contribution in [0.3, 0.4) is 0 Å². The molecule has 17 heavy (non-hydrogen) atoms. The normalized spacial score (nSPS) is 22.9. The minimum absolute atomic E-state index is 0.119. The lowest BCUT2D eigenvalue weighted by atomic mass is 10.2. The average molecular weight is 256 g/mol. The van der Waals surface area contributed by atoms with Crippen LogP contribution in [-0.2, 0) is 9.47 Å². The Morgan fingerprint density at radius 1 is 1.41 bits per heavy atom. The quantitative estimate of drug-likeness (QED) is 0.708. The maximum absolute atomic E-state index is 11.8. The van der Waals surface area contributed by atoms with E-state index in [0.717, 1.165) is 6.54 Å². The van der Waals surface area contributed by atoms with Crippen molar-refractivity contribution in [2.75, 3.05) is 46.1 Å². The molecule has 0 spiro atoms. The first kappa shape index (κ1) is 14.7. The Morgan fingerprint density at radius 3 is 2.82 bits per heavy atom. The second kappa shape index (κ2) is 7.15. The van der Waals surface area contributed by atoms with E-state index >= 15 is 0 Å². The summed E-state index contributed by atoms with van der Waals surface area (Å²) in [5.74, 6) is 0. The summed E-state index contributed by atoms with van der Waals surface area (Å²) in [5, 5.41) is 0. The molecule has 7 heteroatoms. The molecule has 0 radical (unpaired) electrons. The lowest BCUT2D eigenvalue weighted by Gasteiger charge is -2.34. The van der Waals surface area contributed by atoms with Crippen LogP contribution in [0, 0.1) is 0 Å². The van der Waals surface area contributed by atoms with Gasteiger partial charge in [0.25, 0.3) is 0 Å². The van der Waals surface area contributed by atoms with Gasteiger partial charge in [-0.3, -0.25) is 4.90 Å². The second-order valence-corrected chi connectivity index (χ2v) is 4.02. The summed E-state index contributed by atoms with van der Waals surface area (Å²) < 4.78 is 45.2. The van der Waals surface area contributed by atoms with Crippen molar-refractivity contribution >= 4 is 0 Å².